The SMILES string of the molecule is Cc1[nH]cnc1-c1c2c(=O)n(C)c(=O)n(CC(C)C)c2nn1Cc1cccc(Cl)c1Cl. The number of benzene rings is 1. The fraction of sp³-hybridized carbons (Fsp3) is 0.333. The summed E-state index contributed by atoms with van der Waals surface area (Å²) in [6.07, 6.45) is 1.56. The molecule has 10 heteroatoms. The van der Waals surface area contributed by atoms with Crippen LogP contribution in [0.4, 0.5) is 0 Å². The minimum Gasteiger partial charge on any atom is -0.348 e. The van der Waals surface area contributed by atoms with E-state index in [9.17, 15) is 9.59 Å². The number of nitrogens with zero attached hydrogens (tertiary/aromatic N) is 5. The first-order chi connectivity index (χ1) is 14.7. The van der Waals surface area contributed by atoms with E-state index in [1.165, 1.54) is 7.05 Å². The molecule has 4 rings (SSSR count). The monoisotopic (exact) mass is 460 g/mol. The Balaban J connectivity index is 2.09. The molecular weight excluding hydrogens is 439 g/mol. The maximum Gasteiger partial charge on any atom is 0.332 e. The Morgan fingerprint density at radius 1 is 1.19 bits per heavy atom. The summed E-state index contributed by atoms with van der Waals surface area (Å²) in [4.78, 5) is 33.6. The van der Waals surface area contributed by atoms with Crippen molar-refractivity contribution in [2.24, 2.45) is 13.0 Å². The summed E-state index contributed by atoms with van der Waals surface area (Å²) in [7, 11) is 1.48. The summed E-state index contributed by atoms with van der Waals surface area (Å²) >= 11 is 12.6. The van der Waals surface area contributed by atoms with Crippen molar-refractivity contribution in [1.82, 2.24) is 28.9 Å². The van der Waals surface area contributed by atoms with Crippen molar-refractivity contribution >= 4 is 34.2 Å². The molecule has 1 aromatic carbocycles. The maximum atomic E-state index is 13.2. The van der Waals surface area contributed by atoms with Crippen LogP contribution in [-0.4, -0.2) is 28.9 Å². The molecule has 4 aromatic rings. The number of aryl methyl sites for hydroxylation is 1. The van der Waals surface area contributed by atoms with E-state index in [1.807, 2.05) is 26.8 Å². The van der Waals surface area contributed by atoms with Crippen LogP contribution in [0.2, 0.25) is 10.0 Å². The number of H-pyrrole nitrogens is 1. The Bertz CT molecular complexity index is 1410. The number of imidazole rings is 1. The Kier molecular flexibility index (Phi) is 5.53. The van der Waals surface area contributed by atoms with Gasteiger partial charge in [0.1, 0.15) is 16.8 Å². The number of aromatic amines is 1. The zero-order valence-corrected chi connectivity index (χ0v) is 19.1. The number of nitrogens with one attached hydrogen (secondary N) is 1. The fourth-order valence-corrected chi connectivity index (χ4v) is 4.06. The van der Waals surface area contributed by atoms with Gasteiger partial charge < -0.3 is 4.98 Å². The molecule has 0 atom stereocenters. The van der Waals surface area contributed by atoms with E-state index < -0.39 is 11.2 Å². The van der Waals surface area contributed by atoms with Crippen molar-refractivity contribution in [3.63, 3.8) is 0 Å². The van der Waals surface area contributed by atoms with E-state index in [0.29, 0.717) is 39.0 Å². The first-order valence-electron chi connectivity index (χ1n) is 9.84. The van der Waals surface area contributed by atoms with Crippen LogP contribution in [0.1, 0.15) is 25.1 Å². The molecule has 0 spiro atoms. The van der Waals surface area contributed by atoms with E-state index in [4.69, 9.17) is 28.3 Å². The van der Waals surface area contributed by atoms with E-state index >= 15 is 0 Å². The standard InChI is InChI=1S/C21H22Cl2N6O2/c1-11(2)8-28-19-15(20(30)27(4)21(28)31)18(17-12(3)24-10-25-17)29(26-19)9-13-6-5-7-14(22)16(13)23/h5-7,10-11H,8-9H2,1-4H3,(H,24,25). The summed E-state index contributed by atoms with van der Waals surface area (Å²) in [5, 5.41) is 5.89. The molecule has 0 amide bonds. The molecule has 0 radical (unpaired) electrons. The molecule has 0 aliphatic carbocycles. The highest BCUT2D eigenvalue weighted by Crippen LogP contribution is 2.30. The van der Waals surface area contributed by atoms with Gasteiger partial charge in [0.25, 0.3) is 5.56 Å². The number of hydrogen-bond donors (Lipinski definition) is 1. The zero-order chi connectivity index (χ0) is 22.4. The smallest absolute Gasteiger partial charge is 0.332 e. The van der Waals surface area contributed by atoms with Gasteiger partial charge in [0.2, 0.25) is 0 Å². The minimum absolute atomic E-state index is 0.182. The molecule has 0 saturated carbocycles. The van der Waals surface area contributed by atoms with Crippen molar-refractivity contribution in [3.8, 4) is 11.4 Å². The summed E-state index contributed by atoms with van der Waals surface area (Å²) in [5.41, 5.74) is 2.16. The molecular formula is C21H22Cl2N6O2. The van der Waals surface area contributed by atoms with Crippen molar-refractivity contribution < 1.29 is 0 Å². The number of halogens is 2. The van der Waals surface area contributed by atoms with Gasteiger partial charge in [-0.05, 0) is 24.5 Å². The van der Waals surface area contributed by atoms with Crippen LogP contribution in [0.3, 0.4) is 0 Å². The van der Waals surface area contributed by atoms with Gasteiger partial charge >= 0.3 is 5.69 Å². The lowest BCUT2D eigenvalue weighted by atomic mass is 10.1. The molecule has 31 heavy (non-hydrogen) atoms. The Morgan fingerprint density at radius 2 is 1.94 bits per heavy atom. The molecule has 1 N–H and O–H groups in total. The molecule has 8 nitrogen and oxygen atoms in total. The second-order valence-electron chi connectivity index (χ2n) is 7.95. The predicted molar refractivity (Wildman–Crippen MR) is 122 cm³/mol. The second-order valence-corrected chi connectivity index (χ2v) is 8.73. The average Bonchev–Trinajstić information content (AvgIpc) is 3.30. The zero-order valence-electron chi connectivity index (χ0n) is 17.6. The Hall–Kier alpha value is -2.84. The predicted octanol–water partition coefficient (Wildman–Crippen LogP) is 3.61. The number of hydrogen-bond acceptors (Lipinski definition) is 4. The Morgan fingerprint density at radius 3 is 2.58 bits per heavy atom. The van der Waals surface area contributed by atoms with Crippen molar-refractivity contribution in [2.75, 3.05) is 0 Å². The van der Waals surface area contributed by atoms with Gasteiger partial charge in [-0.1, -0.05) is 49.2 Å². The molecule has 3 heterocycles. The van der Waals surface area contributed by atoms with Gasteiger partial charge in [-0.3, -0.25) is 18.6 Å². The third-order valence-corrected chi connectivity index (χ3v) is 6.04. The van der Waals surface area contributed by atoms with Crippen LogP contribution >= 0.6 is 23.2 Å². The summed E-state index contributed by atoms with van der Waals surface area (Å²) in [6, 6.07) is 5.36. The maximum absolute atomic E-state index is 13.2. The first-order valence-corrected chi connectivity index (χ1v) is 10.6. The molecule has 0 bridgehead atoms. The van der Waals surface area contributed by atoms with Gasteiger partial charge in [0, 0.05) is 19.3 Å². The lowest BCUT2D eigenvalue weighted by Gasteiger charge is -2.10. The minimum atomic E-state index is -0.416. The van der Waals surface area contributed by atoms with Crippen LogP contribution in [0.15, 0.2) is 34.1 Å². The largest absolute Gasteiger partial charge is 0.348 e. The molecule has 0 unspecified atom stereocenters. The molecule has 3 aromatic heterocycles. The third kappa shape index (κ3) is 3.59. The van der Waals surface area contributed by atoms with Gasteiger partial charge in [0.15, 0.2) is 5.65 Å². The van der Waals surface area contributed by atoms with Gasteiger partial charge in [-0.2, -0.15) is 5.10 Å². The summed E-state index contributed by atoms with van der Waals surface area (Å²) < 4.78 is 4.33. The van der Waals surface area contributed by atoms with Gasteiger partial charge in [0.05, 0.1) is 22.9 Å². The topological polar surface area (TPSA) is 90.5 Å². The van der Waals surface area contributed by atoms with E-state index in [2.05, 4.69) is 9.97 Å². The lowest BCUT2D eigenvalue weighted by Crippen LogP contribution is -2.38. The van der Waals surface area contributed by atoms with Crippen LogP contribution in [0.25, 0.3) is 22.4 Å². The first kappa shape index (κ1) is 21.4. The number of aromatic nitrogens is 6. The van der Waals surface area contributed by atoms with Crippen LogP contribution in [-0.2, 0) is 20.1 Å². The molecule has 0 fully saturated rings. The number of rotatable bonds is 5. The molecule has 162 valence electrons. The van der Waals surface area contributed by atoms with E-state index in [0.717, 1.165) is 15.8 Å². The Labute approximate surface area is 188 Å². The van der Waals surface area contributed by atoms with Crippen LogP contribution in [0.5, 0.6) is 0 Å². The van der Waals surface area contributed by atoms with Gasteiger partial charge in [-0.25, -0.2) is 9.78 Å². The quantitative estimate of drug-likeness (QED) is 0.492. The normalized spacial score (nSPS) is 11.7. The fourth-order valence-electron chi connectivity index (χ4n) is 3.68. The molecule has 0 aliphatic rings. The second kappa shape index (κ2) is 8.01. The molecule has 0 saturated heterocycles. The highest BCUT2D eigenvalue weighted by Gasteiger charge is 2.25. The van der Waals surface area contributed by atoms with Crippen LogP contribution < -0.4 is 11.2 Å². The van der Waals surface area contributed by atoms with Crippen molar-refractivity contribution in [3.05, 3.63) is 66.7 Å². The van der Waals surface area contributed by atoms with Gasteiger partial charge in [-0.15, -0.1) is 0 Å². The van der Waals surface area contributed by atoms with E-state index in [1.54, 1.807) is 27.7 Å². The molecule has 0 aliphatic heterocycles. The summed E-state index contributed by atoms with van der Waals surface area (Å²) in [5.74, 6) is 0.182. The van der Waals surface area contributed by atoms with Crippen molar-refractivity contribution in [1.29, 1.82) is 0 Å². The van der Waals surface area contributed by atoms with Crippen LogP contribution in [0, 0.1) is 12.8 Å². The number of fused-ring (bicyclic) bond motifs is 1. The highest BCUT2D eigenvalue weighted by molar-refractivity contribution is 6.42. The summed E-state index contributed by atoms with van der Waals surface area (Å²) in [6.45, 7) is 6.56. The van der Waals surface area contributed by atoms with Crippen molar-refractivity contribution in [2.45, 2.75) is 33.9 Å². The average molecular weight is 461 g/mol. The third-order valence-electron chi connectivity index (χ3n) is 5.18. The highest BCUT2D eigenvalue weighted by atomic mass is 35.5. The van der Waals surface area contributed by atoms with E-state index in [-0.39, 0.29) is 12.5 Å². The lowest BCUT2D eigenvalue weighted by molar-refractivity contribution is 0.498.